The average Bonchev–Trinajstić information content (AvgIpc) is 2.45. The van der Waals surface area contributed by atoms with E-state index in [9.17, 15) is 0 Å². The van der Waals surface area contributed by atoms with Crippen LogP contribution in [0.15, 0.2) is 54.6 Å². The molecular formula is C20H22ClN. The van der Waals surface area contributed by atoms with Gasteiger partial charge in [-0.25, -0.2) is 0 Å². The number of anilines is 1. The number of hydrogen-bond donors (Lipinski definition) is 1. The molecule has 1 heterocycles. The molecule has 0 bridgehead atoms. The number of benzene rings is 2. The van der Waals surface area contributed by atoms with Crippen molar-refractivity contribution in [2.24, 2.45) is 0 Å². The number of halogens is 1. The highest BCUT2D eigenvalue weighted by atomic mass is 35.5. The van der Waals surface area contributed by atoms with Crippen molar-refractivity contribution in [1.29, 1.82) is 0 Å². The highest BCUT2D eigenvalue weighted by Gasteiger charge is 2.21. The molecule has 1 N–H and O–H groups in total. The number of hydrogen-bond acceptors (Lipinski definition) is 1. The summed E-state index contributed by atoms with van der Waals surface area (Å²) in [6.45, 7) is 6.58. The summed E-state index contributed by atoms with van der Waals surface area (Å²) in [5.74, 6) is 0. The molecule has 1 nitrogen and oxygen atoms in total. The van der Waals surface area contributed by atoms with Gasteiger partial charge in [-0.3, -0.25) is 0 Å². The minimum Gasteiger partial charge on any atom is -0.376 e. The van der Waals surface area contributed by atoms with Crippen LogP contribution >= 0.6 is 12.4 Å². The summed E-state index contributed by atoms with van der Waals surface area (Å²) >= 11 is 0. The number of rotatable bonds is 2. The molecule has 0 unspecified atom stereocenters. The molecule has 0 aliphatic carbocycles. The first kappa shape index (κ1) is 16.4. The number of nitrogens with one attached hydrogen (secondary N) is 1. The van der Waals surface area contributed by atoms with Crippen molar-refractivity contribution in [3.05, 3.63) is 71.3 Å². The fourth-order valence-electron chi connectivity index (χ4n) is 2.86. The second-order valence-corrected chi connectivity index (χ2v) is 6.22. The topological polar surface area (TPSA) is 12.0 Å². The van der Waals surface area contributed by atoms with E-state index in [-0.39, 0.29) is 17.9 Å². The lowest BCUT2D eigenvalue weighted by atomic mass is 9.90. The second kappa shape index (κ2) is 6.41. The van der Waals surface area contributed by atoms with Crippen LogP contribution in [0.4, 0.5) is 5.69 Å². The van der Waals surface area contributed by atoms with Crippen LogP contribution in [0, 0.1) is 0 Å². The van der Waals surface area contributed by atoms with E-state index in [4.69, 9.17) is 0 Å². The van der Waals surface area contributed by atoms with Crippen molar-refractivity contribution in [1.82, 2.24) is 0 Å². The van der Waals surface area contributed by atoms with E-state index in [1.807, 2.05) is 6.07 Å². The molecule has 114 valence electrons. The van der Waals surface area contributed by atoms with E-state index >= 15 is 0 Å². The lowest BCUT2D eigenvalue weighted by molar-refractivity contribution is 0.707. The Kier molecular flexibility index (Phi) is 4.77. The standard InChI is InChI=1S/C20H21N.ClH/c1-15-14-20(2,3)21-19-12-11-17(13-18(15)19)10-9-16-7-5-4-6-8-16;/h4-14,21H,1-3H3;1H/b10-9+;. The molecule has 0 amide bonds. The van der Waals surface area contributed by atoms with Crippen LogP contribution < -0.4 is 5.32 Å². The Hall–Kier alpha value is -1.99. The molecule has 1 aliphatic heterocycles. The zero-order valence-electron chi connectivity index (χ0n) is 13.3. The Labute approximate surface area is 139 Å². The minimum absolute atomic E-state index is 0. The van der Waals surface area contributed by atoms with Gasteiger partial charge in [0.2, 0.25) is 0 Å². The van der Waals surface area contributed by atoms with Crippen LogP contribution in [-0.4, -0.2) is 5.54 Å². The summed E-state index contributed by atoms with van der Waals surface area (Å²) in [7, 11) is 0. The number of fused-ring (bicyclic) bond motifs is 1. The zero-order valence-corrected chi connectivity index (χ0v) is 14.1. The Bertz CT molecular complexity index is 712. The second-order valence-electron chi connectivity index (χ2n) is 6.22. The molecule has 0 atom stereocenters. The van der Waals surface area contributed by atoms with Gasteiger partial charge in [-0.15, -0.1) is 12.4 Å². The molecule has 0 aromatic heterocycles. The van der Waals surface area contributed by atoms with Gasteiger partial charge in [0.1, 0.15) is 0 Å². The van der Waals surface area contributed by atoms with E-state index in [0.717, 1.165) is 0 Å². The summed E-state index contributed by atoms with van der Waals surface area (Å²) in [6.07, 6.45) is 6.61. The number of allylic oxidation sites excluding steroid dienone is 1. The molecule has 0 fully saturated rings. The first-order valence-electron chi connectivity index (χ1n) is 7.39. The third-order valence-corrected chi connectivity index (χ3v) is 3.77. The van der Waals surface area contributed by atoms with Gasteiger partial charge < -0.3 is 5.32 Å². The third-order valence-electron chi connectivity index (χ3n) is 3.77. The largest absolute Gasteiger partial charge is 0.376 e. The molecule has 0 saturated carbocycles. The van der Waals surface area contributed by atoms with Crippen LogP contribution in [0.3, 0.4) is 0 Å². The first-order valence-corrected chi connectivity index (χ1v) is 7.39. The average molecular weight is 312 g/mol. The molecule has 0 spiro atoms. The summed E-state index contributed by atoms with van der Waals surface area (Å²) in [5.41, 5.74) is 6.33. The van der Waals surface area contributed by atoms with Gasteiger partial charge in [0.05, 0.1) is 5.54 Å². The molecule has 3 rings (SSSR count). The first-order chi connectivity index (χ1) is 10.0. The normalized spacial score (nSPS) is 15.5. The Morgan fingerprint density at radius 3 is 2.32 bits per heavy atom. The van der Waals surface area contributed by atoms with E-state index in [0.29, 0.717) is 0 Å². The van der Waals surface area contributed by atoms with Crippen LogP contribution in [0.25, 0.3) is 17.7 Å². The predicted octanol–water partition coefficient (Wildman–Crippen LogP) is 5.89. The summed E-state index contributed by atoms with van der Waals surface area (Å²) < 4.78 is 0. The fourth-order valence-corrected chi connectivity index (χ4v) is 2.86. The Morgan fingerprint density at radius 1 is 0.909 bits per heavy atom. The molecular weight excluding hydrogens is 290 g/mol. The minimum atomic E-state index is 0. The maximum Gasteiger partial charge on any atom is 0.0505 e. The van der Waals surface area contributed by atoms with E-state index in [1.54, 1.807) is 0 Å². The SMILES string of the molecule is CC1=CC(C)(C)Nc2ccc(/C=C/c3ccccc3)cc21.Cl. The third kappa shape index (κ3) is 3.61. The molecule has 2 aromatic carbocycles. The van der Waals surface area contributed by atoms with Gasteiger partial charge >= 0.3 is 0 Å². The molecule has 1 aliphatic rings. The van der Waals surface area contributed by atoms with Gasteiger partial charge in [0, 0.05) is 11.3 Å². The predicted molar refractivity (Wildman–Crippen MR) is 100 cm³/mol. The molecule has 2 aromatic rings. The van der Waals surface area contributed by atoms with E-state index in [1.165, 1.54) is 28.0 Å². The van der Waals surface area contributed by atoms with Gasteiger partial charge in [-0.1, -0.05) is 54.6 Å². The van der Waals surface area contributed by atoms with Gasteiger partial charge in [-0.2, -0.15) is 0 Å². The van der Waals surface area contributed by atoms with Crippen molar-refractivity contribution >= 4 is 35.8 Å². The van der Waals surface area contributed by atoms with Crippen molar-refractivity contribution in [3.63, 3.8) is 0 Å². The summed E-state index contributed by atoms with van der Waals surface area (Å²) in [6, 6.07) is 17.0. The lowest BCUT2D eigenvalue weighted by Crippen LogP contribution is -2.31. The lowest BCUT2D eigenvalue weighted by Gasteiger charge is -2.31. The maximum absolute atomic E-state index is 3.57. The fraction of sp³-hybridized carbons (Fsp3) is 0.200. The summed E-state index contributed by atoms with van der Waals surface area (Å²) in [5, 5.41) is 3.57. The molecule has 2 heteroatoms. The van der Waals surface area contributed by atoms with Crippen LogP contribution in [0.5, 0.6) is 0 Å². The Balaban J connectivity index is 0.00000176. The van der Waals surface area contributed by atoms with Crippen molar-refractivity contribution < 1.29 is 0 Å². The Morgan fingerprint density at radius 2 is 1.59 bits per heavy atom. The highest BCUT2D eigenvalue weighted by Crippen LogP contribution is 2.34. The van der Waals surface area contributed by atoms with E-state index < -0.39 is 0 Å². The van der Waals surface area contributed by atoms with Crippen LogP contribution in [-0.2, 0) is 0 Å². The van der Waals surface area contributed by atoms with Crippen molar-refractivity contribution in [3.8, 4) is 0 Å². The van der Waals surface area contributed by atoms with Crippen molar-refractivity contribution in [2.45, 2.75) is 26.3 Å². The van der Waals surface area contributed by atoms with Gasteiger partial charge in [-0.05, 0) is 49.6 Å². The maximum atomic E-state index is 3.57. The quantitative estimate of drug-likeness (QED) is 0.682. The van der Waals surface area contributed by atoms with Gasteiger partial charge in [0.15, 0.2) is 0 Å². The van der Waals surface area contributed by atoms with Gasteiger partial charge in [0.25, 0.3) is 0 Å². The monoisotopic (exact) mass is 311 g/mol. The highest BCUT2D eigenvalue weighted by molar-refractivity contribution is 5.85. The molecule has 22 heavy (non-hydrogen) atoms. The van der Waals surface area contributed by atoms with Crippen molar-refractivity contribution in [2.75, 3.05) is 5.32 Å². The molecule has 0 radical (unpaired) electrons. The van der Waals surface area contributed by atoms with Crippen LogP contribution in [0.1, 0.15) is 37.5 Å². The molecule has 0 saturated heterocycles. The summed E-state index contributed by atoms with van der Waals surface area (Å²) in [4.78, 5) is 0. The smallest absolute Gasteiger partial charge is 0.0505 e. The van der Waals surface area contributed by atoms with Crippen LogP contribution in [0.2, 0.25) is 0 Å². The zero-order chi connectivity index (χ0) is 14.9. The van der Waals surface area contributed by atoms with E-state index in [2.05, 4.69) is 86.8 Å².